The zero-order valence-electron chi connectivity index (χ0n) is 12.0. The van der Waals surface area contributed by atoms with Crippen LogP contribution in [-0.2, 0) is 0 Å². The zero-order chi connectivity index (χ0) is 15.4. The van der Waals surface area contributed by atoms with Crippen molar-refractivity contribution in [1.29, 1.82) is 0 Å². The van der Waals surface area contributed by atoms with Gasteiger partial charge < -0.3 is 5.32 Å². The quantitative estimate of drug-likeness (QED) is 0.526. The Balaban J connectivity index is 2.00. The van der Waals surface area contributed by atoms with Crippen LogP contribution in [0.3, 0.4) is 0 Å². The number of alkyl halides is 1. The number of halogens is 1. The smallest absolute Gasteiger partial charge is 0.273 e. The minimum absolute atomic E-state index is 0.0267. The molecule has 2 rings (SSSR count). The third-order valence-corrected chi connectivity index (χ3v) is 4.41. The van der Waals surface area contributed by atoms with Gasteiger partial charge in [0.1, 0.15) is 0 Å². The molecule has 1 N–H and O–H groups in total. The van der Waals surface area contributed by atoms with Gasteiger partial charge in [-0.2, -0.15) is 0 Å². The average Bonchev–Trinajstić information content (AvgIpc) is 2.45. The molecule has 1 aliphatic rings. The van der Waals surface area contributed by atoms with Gasteiger partial charge in [-0.25, -0.2) is 0 Å². The van der Waals surface area contributed by atoms with Crippen LogP contribution >= 0.6 is 11.6 Å². The van der Waals surface area contributed by atoms with Gasteiger partial charge in [0, 0.05) is 29.1 Å². The lowest BCUT2D eigenvalue weighted by atomic mass is 9.89. The van der Waals surface area contributed by atoms with Gasteiger partial charge in [0.15, 0.2) is 0 Å². The average molecular weight is 311 g/mol. The minimum atomic E-state index is -0.467. The number of benzene rings is 1. The van der Waals surface area contributed by atoms with Crippen LogP contribution in [0, 0.1) is 23.0 Å². The Morgan fingerprint density at radius 1 is 1.48 bits per heavy atom. The van der Waals surface area contributed by atoms with Crippen LogP contribution < -0.4 is 5.32 Å². The summed E-state index contributed by atoms with van der Waals surface area (Å²) in [7, 11) is 0. The van der Waals surface area contributed by atoms with E-state index in [1.807, 2.05) is 0 Å². The van der Waals surface area contributed by atoms with Crippen LogP contribution in [0.4, 0.5) is 5.69 Å². The van der Waals surface area contributed by atoms with Crippen molar-refractivity contribution in [2.75, 3.05) is 6.54 Å². The van der Waals surface area contributed by atoms with Crippen molar-refractivity contribution in [3.63, 3.8) is 0 Å². The predicted molar refractivity (Wildman–Crippen MR) is 81.8 cm³/mol. The van der Waals surface area contributed by atoms with E-state index in [1.54, 1.807) is 13.0 Å². The van der Waals surface area contributed by atoms with Crippen LogP contribution in [0.25, 0.3) is 0 Å². The number of hydrogen-bond acceptors (Lipinski definition) is 3. The van der Waals surface area contributed by atoms with E-state index in [-0.39, 0.29) is 17.0 Å². The summed E-state index contributed by atoms with van der Waals surface area (Å²) in [6.45, 7) is 2.17. The predicted octanol–water partition coefficient (Wildman–Crippen LogP) is 3.43. The molecule has 0 radical (unpaired) electrons. The van der Waals surface area contributed by atoms with Gasteiger partial charge in [0.05, 0.1) is 4.92 Å². The molecule has 2 unspecified atom stereocenters. The van der Waals surface area contributed by atoms with Crippen molar-refractivity contribution in [2.45, 2.75) is 38.0 Å². The summed E-state index contributed by atoms with van der Waals surface area (Å²) in [5, 5.41) is 14.0. The van der Waals surface area contributed by atoms with E-state index in [1.165, 1.54) is 12.1 Å². The second-order valence-corrected chi connectivity index (χ2v) is 6.16. The lowest BCUT2D eigenvalue weighted by molar-refractivity contribution is -0.385. The molecule has 1 aromatic carbocycles. The normalized spacial score (nSPS) is 21.8. The molecule has 0 aromatic heterocycles. The van der Waals surface area contributed by atoms with E-state index in [2.05, 4.69) is 5.32 Å². The molecule has 0 bridgehead atoms. The van der Waals surface area contributed by atoms with Gasteiger partial charge >= 0.3 is 0 Å². The van der Waals surface area contributed by atoms with E-state index in [4.69, 9.17) is 11.6 Å². The third-order valence-electron chi connectivity index (χ3n) is 4.02. The number of nitrogens with one attached hydrogen (secondary N) is 1. The van der Waals surface area contributed by atoms with Crippen LogP contribution in [-0.4, -0.2) is 22.8 Å². The van der Waals surface area contributed by atoms with E-state index in [9.17, 15) is 14.9 Å². The fraction of sp³-hybridized carbons (Fsp3) is 0.533. The molecule has 0 spiro atoms. The minimum Gasteiger partial charge on any atom is -0.352 e. The monoisotopic (exact) mass is 310 g/mol. The van der Waals surface area contributed by atoms with Gasteiger partial charge in [-0.3, -0.25) is 14.9 Å². The lowest BCUT2D eigenvalue weighted by Gasteiger charge is -2.25. The summed E-state index contributed by atoms with van der Waals surface area (Å²) >= 11 is 6.14. The summed E-state index contributed by atoms with van der Waals surface area (Å²) in [4.78, 5) is 22.6. The second-order valence-electron chi connectivity index (χ2n) is 5.55. The van der Waals surface area contributed by atoms with Gasteiger partial charge in [0.2, 0.25) is 0 Å². The maximum absolute atomic E-state index is 12.2. The van der Waals surface area contributed by atoms with Crippen molar-refractivity contribution >= 4 is 23.2 Å². The largest absolute Gasteiger partial charge is 0.352 e. The van der Waals surface area contributed by atoms with Gasteiger partial charge in [-0.05, 0) is 38.2 Å². The van der Waals surface area contributed by atoms with Crippen LogP contribution in [0.2, 0.25) is 0 Å². The highest BCUT2D eigenvalue weighted by atomic mass is 35.5. The first kappa shape index (κ1) is 15.8. The number of rotatable bonds is 4. The molecule has 1 aliphatic carbocycles. The molecule has 1 amide bonds. The Morgan fingerprint density at radius 3 is 2.90 bits per heavy atom. The van der Waals surface area contributed by atoms with Crippen molar-refractivity contribution in [1.82, 2.24) is 5.32 Å². The van der Waals surface area contributed by atoms with Crippen LogP contribution in [0.5, 0.6) is 0 Å². The summed E-state index contributed by atoms with van der Waals surface area (Å²) in [6.07, 6.45) is 4.10. The number of nitro groups is 1. The SMILES string of the molecule is Cc1c(C(=O)NCC2CCCC(Cl)C2)cccc1[N+](=O)[O-]. The molecule has 2 atom stereocenters. The maximum Gasteiger partial charge on any atom is 0.273 e. The first-order valence-corrected chi connectivity index (χ1v) is 7.59. The second kappa shape index (κ2) is 6.89. The topological polar surface area (TPSA) is 72.2 Å². The summed E-state index contributed by atoms with van der Waals surface area (Å²) < 4.78 is 0. The first-order valence-electron chi connectivity index (χ1n) is 7.15. The van der Waals surface area contributed by atoms with Crippen LogP contribution in [0.15, 0.2) is 18.2 Å². The van der Waals surface area contributed by atoms with Crippen LogP contribution in [0.1, 0.15) is 41.6 Å². The van der Waals surface area contributed by atoms with Crippen molar-refractivity contribution < 1.29 is 9.72 Å². The summed E-state index contributed by atoms with van der Waals surface area (Å²) in [5.74, 6) is 0.136. The van der Waals surface area contributed by atoms with E-state index in [0.717, 1.165) is 25.7 Å². The highest BCUT2D eigenvalue weighted by molar-refractivity contribution is 6.20. The highest BCUT2D eigenvalue weighted by Crippen LogP contribution is 2.27. The van der Waals surface area contributed by atoms with E-state index >= 15 is 0 Å². The van der Waals surface area contributed by atoms with E-state index < -0.39 is 4.92 Å². The number of amides is 1. The highest BCUT2D eigenvalue weighted by Gasteiger charge is 2.22. The molecule has 5 nitrogen and oxygen atoms in total. The Bertz CT molecular complexity index is 548. The Morgan fingerprint density at radius 2 is 2.24 bits per heavy atom. The fourth-order valence-electron chi connectivity index (χ4n) is 2.81. The molecule has 1 aromatic rings. The van der Waals surface area contributed by atoms with Gasteiger partial charge in [-0.1, -0.05) is 12.5 Å². The molecular weight excluding hydrogens is 292 g/mol. The molecule has 0 saturated heterocycles. The molecular formula is C15H19ClN2O3. The van der Waals surface area contributed by atoms with Crippen molar-refractivity contribution in [3.8, 4) is 0 Å². The molecule has 0 heterocycles. The standard InChI is InChI=1S/C15H19ClN2O3/c1-10-13(6-3-7-14(10)18(20)21)15(19)17-9-11-4-2-5-12(16)8-11/h3,6-7,11-12H,2,4-5,8-9H2,1H3,(H,17,19). The first-order chi connectivity index (χ1) is 9.99. The van der Waals surface area contributed by atoms with E-state index in [0.29, 0.717) is 23.6 Å². The maximum atomic E-state index is 12.2. The van der Waals surface area contributed by atoms with Gasteiger partial charge in [0.25, 0.3) is 11.6 Å². The molecule has 21 heavy (non-hydrogen) atoms. The van der Waals surface area contributed by atoms with Gasteiger partial charge in [-0.15, -0.1) is 11.6 Å². The number of nitro benzene ring substituents is 1. The molecule has 1 fully saturated rings. The number of carbonyl (C=O) groups is 1. The molecule has 6 heteroatoms. The number of nitrogens with zero attached hydrogens (tertiary/aromatic N) is 1. The molecule has 114 valence electrons. The Kier molecular flexibility index (Phi) is 5.17. The number of carbonyl (C=O) groups excluding carboxylic acids is 1. The van der Waals surface area contributed by atoms with Crippen molar-refractivity contribution in [3.05, 3.63) is 39.4 Å². The summed E-state index contributed by atoms with van der Waals surface area (Å²) in [5.41, 5.74) is 0.738. The zero-order valence-corrected chi connectivity index (χ0v) is 12.7. The Labute approximate surface area is 128 Å². The lowest BCUT2D eigenvalue weighted by Crippen LogP contribution is -2.32. The summed E-state index contributed by atoms with van der Waals surface area (Å²) in [6, 6.07) is 4.56. The number of hydrogen-bond donors (Lipinski definition) is 1. The fourth-order valence-corrected chi connectivity index (χ4v) is 3.22. The molecule has 1 saturated carbocycles. The Hall–Kier alpha value is -1.62. The molecule has 0 aliphatic heterocycles. The third kappa shape index (κ3) is 3.94. The van der Waals surface area contributed by atoms with Crippen molar-refractivity contribution in [2.24, 2.45) is 5.92 Å².